The first-order valence-corrected chi connectivity index (χ1v) is 5.04. The maximum atomic E-state index is 5.86. The Kier molecular flexibility index (Phi) is 6.13. The van der Waals surface area contributed by atoms with Crippen LogP contribution in [0.5, 0.6) is 5.75 Å². The summed E-state index contributed by atoms with van der Waals surface area (Å²) in [5.74, 6) is 0.711. The molecule has 80 valence electrons. The van der Waals surface area contributed by atoms with E-state index in [0.717, 1.165) is 5.69 Å². The fraction of sp³-hybridized carbons (Fsp3) is 0.455. The zero-order valence-electron chi connectivity index (χ0n) is 9.47. The average molecular weight is 216 g/mol. The Morgan fingerprint density at radius 3 is 2.21 bits per heavy atom. The van der Waals surface area contributed by atoms with Gasteiger partial charge in [-0.15, -0.1) is 0 Å². The van der Waals surface area contributed by atoms with E-state index in [0.29, 0.717) is 10.8 Å². The van der Waals surface area contributed by atoms with Gasteiger partial charge in [0.1, 0.15) is 5.75 Å². The molecule has 0 amide bonds. The first-order valence-electron chi connectivity index (χ1n) is 4.66. The van der Waals surface area contributed by atoms with Crippen LogP contribution < -0.4 is 9.64 Å². The lowest BCUT2D eigenvalue weighted by Crippen LogP contribution is -2.08. The molecule has 0 saturated heterocycles. The second-order valence-corrected chi connectivity index (χ2v) is 3.12. The summed E-state index contributed by atoms with van der Waals surface area (Å²) >= 11 is 5.86. The van der Waals surface area contributed by atoms with Gasteiger partial charge in [0.25, 0.3) is 0 Å². The van der Waals surface area contributed by atoms with Gasteiger partial charge in [-0.3, -0.25) is 0 Å². The van der Waals surface area contributed by atoms with Gasteiger partial charge >= 0.3 is 0 Å². The summed E-state index contributed by atoms with van der Waals surface area (Å²) in [6, 6.07) is 5.68. The maximum Gasteiger partial charge on any atom is 0.139 e. The van der Waals surface area contributed by atoms with Crippen molar-refractivity contribution in [3.63, 3.8) is 0 Å². The molecule has 14 heavy (non-hydrogen) atoms. The van der Waals surface area contributed by atoms with E-state index < -0.39 is 0 Å². The third-order valence-electron chi connectivity index (χ3n) is 1.65. The van der Waals surface area contributed by atoms with Crippen LogP contribution in [0.15, 0.2) is 18.2 Å². The Labute approximate surface area is 91.4 Å². The van der Waals surface area contributed by atoms with Gasteiger partial charge in [-0.05, 0) is 12.1 Å². The number of anilines is 1. The van der Waals surface area contributed by atoms with Crippen LogP contribution in [0, 0.1) is 0 Å². The Hall–Kier alpha value is -0.890. The van der Waals surface area contributed by atoms with Crippen molar-refractivity contribution >= 4 is 17.3 Å². The van der Waals surface area contributed by atoms with Crippen molar-refractivity contribution in [3.8, 4) is 5.75 Å². The highest BCUT2D eigenvalue weighted by molar-refractivity contribution is 6.32. The Balaban J connectivity index is 0.000000791. The molecule has 0 unspecified atom stereocenters. The zero-order valence-corrected chi connectivity index (χ0v) is 10.2. The van der Waals surface area contributed by atoms with Crippen molar-refractivity contribution < 1.29 is 4.74 Å². The minimum absolute atomic E-state index is 0.642. The second-order valence-electron chi connectivity index (χ2n) is 2.71. The van der Waals surface area contributed by atoms with Crippen LogP contribution in [0.4, 0.5) is 5.69 Å². The molecule has 0 bridgehead atoms. The monoisotopic (exact) mass is 215 g/mol. The van der Waals surface area contributed by atoms with Crippen LogP contribution in [0.2, 0.25) is 5.02 Å². The van der Waals surface area contributed by atoms with Crippen molar-refractivity contribution in [1.82, 2.24) is 0 Å². The topological polar surface area (TPSA) is 12.5 Å². The molecular weight excluding hydrogens is 198 g/mol. The van der Waals surface area contributed by atoms with Crippen LogP contribution in [0.25, 0.3) is 0 Å². The van der Waals surface area contributed by atoms with Crippen molar-refractivity contribution in [2.24, 2.45) is 0 Å². The zero-order chi connectivity index (χ0) is 11.1. The molecule has 0 saturated carbocycles. The van der Waals surface area contributed by atoms with E-state index in [1.54, 1.807) is 7.11 Å². The van der Waals surface area contributed by atoms with Crippen molar-refractivity contribution in [3.05, 3.63) is 23.2 Å². The molecule has 0 aromatic heterocycles. The van der Waals surface area contributed by atoms with Crippen molar-refractivity contribution in [1.29, 1.82) is 0 Å². The number of ether oxygens (including phenoxy) is 1. The quantitative estimate of drug-likeness (QED) is 0.750. The molecule has 0 atom stereocenters. The highest BCUT2D eigenvalue weighted by Gasteiger charge is 2.02. The van der Waals surface area contributed by atoms with E-state index in [9.17, 15) is 0 Å². The first-order chi connectivity index (χ1) is 6.65. The average Bonchev–Trinajstić information content (AvgIpc) is 2.21. The van der Waals surface area contributed by atoms with Gasteiger partial charge in [-0.2, -0.15) is 0 Å². The molecule has 1 aromatic rings. The van der Waals surface area contributed by atoms with Crippen LogP contribution in [0.3, 0.4) is 0 Å². The van der Waals surface area contributed by atoms with Crippen molar-refractivity contribution in [2.75, 3.05) is 26.1 Å². The molecule has 0 fully saturated rings. The minimum Gasteiger partial charge on any atom is -0.495 e. The fourth-order valence-corrected chi connectivity index (χ4v) is 1.12. The summed E-state index contributed by atoms with van der Waals surface area (Å²) in [5.41, 5.74) is 1.08. The lowest BCUT2D eigenvalue weighted by molar-refractivity contribution is 0.415. The van der Waals surface area contributed by atoms with Gasteiger partial charge < -0.3 is 9.64 Å². The van der Waals surface area contributed by atoms with E-state index >= 15 is 0 Å². The predicted octanol–water partition coefficient (Wildman–Crippen LogP) is 3.44. The lowest BCUT2D eigenvalue weighted by atomic mass is 10.3. The third-order valence-corrected chi connectivity index (χ3v) is 1.96. The highest BCUT2D eigenvalue weighted by Crippen LogP contribution is 2.28. The smallest absolute Gasteiger partial charge is 0.139 e. The molecule has 1 rings (SSSR count). The lowest BCUT2D eigenvalue weighted by Gasteiger charge is -2.13. The molecule has 0 N–H and O–H groups in total. The van der Waals surface area contributed by atoms with Crippen LogP contribution in [-0.4, -0.2) is 21.2 Å². The molecule has 0 aliphatic carbocycles. The van der Waals surface area contributed by atoms with Gasteiger partial charge in [0.2, 0.25) is 0 Å². The molecule has 3 heteroatoms. The van der Waals surface area contributed by atoms with Gasteiger partial charge in [0, 0.05) is 25.8 Å². The third kappa shape index (κ3) is 3.46. The van der Waals surface area contributed by atoms with E-state index in [1.165, 1.54) is 0 Å². The van der Waals surface area contributed by atoms with E-state index in [-0.39, 0.29) is 0 Å². The highest BCUT2D eigenvalue weighted by atomic mass is 35.5. The number of methoxy groups -OCH3 is 1. The second kappa shape index (κ2) is 6.55. The van der Waals surface area contributed by atoms with Crippen LogP contribution in [-0.2, 0) is 0 Å². The van der Waals surface area contributed by atoms with Crippen molar-refractivity contribution in [2.45, 2.75) is 13.8 Å². The molecular formula is C11H18ClNO. The SMILES string of the molecule is CC.COc1cc(N(C)C)ccc1Cl. The van der Waals surface area contributed by atoms with Crippen LogP contribution in [0.1, 0.15) is 13.8 Å². The molecule has 0 spiro atoms. The molecule has 0 heterocycles. The van der Waals surface area contributed by atoms with Gasteiger partial charge in [-0.25, -0.2) is 0 Å². The summed E-state index contributed by atoms with van der Waals surface area (Å²) in [5, 5.41) is 0.642. The molecule has 0 aliphatic heterocycles. The number of nitrogens with zero attached hydrogens (tertiary/aromatic N) is 1. The number of hydrogen-bond donors (Lipinski definition) is 0. The van der Waals surface area contributed by atoms with Gasteiger partial charge in [-0.1, -0.05) is 25.4 Å². The largest absolute Gasteiger partial charge is 0.495 e. The Morgan fingerprint density at radius 1 is 1.21 bits per heavy atom. The summed E-state index contributed by atoms with van der Waals surface area (Å²) in [4.78, 5) is 2.00. The first kappa shape index (κ1) is 13.1. The molecule has 1 aromatic carbocycles. The van der Waals surface area contributed by atoms with Gasteiger partial charge in [0.05, 0.1) is 12.1 Å². The summed E-state index contributed by atoms with van der Waals surface area (Å²) in [7, 11) is 5.56. The maximum absolute atomic E-state index is 5.86. The summed E-state index contributed by atoms with van der Waals surface area (Å²) < 4.78 is 5.08. The fourth-order valence-electron chi connectivity index (χ4n) is 0.927. The normalized spacial score (nSPS) is 8.71. The van der Waals surface area contributed by atoms with E-state index in [4.69, 9.17) is 16.3 Å². The Morgan fingerprint density at radius 2 is 1.79 bits per heavy atom. The number of halogens is 1. The molecule has 0 radical (unpaired) electrons. The number of rotatable bonds is 2. The van der Waals surface area contributed by atoms with E-state index in [2.05, 4.69) is 0 Å². The summed E-state index contributed by atoms with van der Waals surface area (Å²) in [6.07, 6.45) is 0. The van der Waals surface area contributed by atoms with Gasteiger partial charge in [0.15, 0.2) is 0 Å². The molecule has 2 nitrogen and oxygen atoms in total. The van der Waals surface area contributed by atoms with Crippen LogP contribution >= 0.6 is 11.6 Å². The number of hydrogen-bond acceptors (Lipinski definition) is 2. The standard InChI is InChI=1S/C9H12ClNO.C2H6/c1-11(2)7-4-5-8(10)9(6-7)12-3;1-2/h4-6H,1-3H3;1-2H3. The summed E-state index contributed by atoms with van der Waals surface area (Å²) in [6.45, 7) is 4.00. The Bertz CT molecular complexity index is 274. The van der Waals surface area contributed by atoms with E-state index in [1.807, 2.05) is 51.0 Å². The minimum atomic E-state index is 0.642. The number of benzene rings is 1. The predicted molar refractivity (Wildman–Crippen MR) is 63.7 cm³/mol. The molecule has 0 aliphatic rings.